The normalized spacial score (nSPS) is 19.6. The molecule has 1 amide bonds. The van der Waals surface area contributed by atoms with Gasteiger partial charge in [-0.15, -0.1) is 0 Å². The van der Waals surface area contributed by atoms with Crippen molar-refractivity contribution in [2.45, 2.75) is 78.2 Å². The Morgan fingerprint density at radius 1 is 1.05 bits per heavy atom. The molecular formula is C25H42N2O10. The van der Waals surface area contributed by atoms with Gasteiger partial charge in [-0.25, -0.2) is 4.79 Å². The minimum Gasteiger partial charge on any atom is -0.463 e. The lowest BCUT2D eigenvalue weighted by Gasteiger charge is -2.25. The lowest BCUT2D eigenvalue weighted by molar-refractivity contribution is -0.167. The summed E-state index contributed by atoms with van der Waals surface area (Å²) in [5, 5.41) is 25.5. The highest BCUT2D eigenvalue weighted by molar-refractivity contribution is 5.75. The van der Waals surface area contributed by atoms with E-state index in [2.05, 4.69) is 10.6 Å². The predicted molar refractivity (Wildman–Crippen MR) is 132 cm³/mol. The van der Waals surface area contributed by atoms with Crippen molar-refractivity contribution in [2.75, 3.05) is 39.6 Å². The molecule has 0 bridgehead atoms. The number of aliphatic hydroxyl groups is 2. The van der Waals surface area contributed by atoms with E-state index in [0.29, 0.717) is 18.3 Å². The van der Waals surface area contributed by atoms with Crippen molar-refractivity contribution < 1.29 is 47.9 Å². The van der Waals surface area contributed by atoms with Crippen molar-refractivity contribution in [3.05, 3.63) is 23.7 Å². The second-order valence-corrected chi connectivity index (χ2v) is 10.3. The number of hydrogen-bond donors (Lipinski definition) is 4. The van der Waals surface area contributed by atoms with E-state index in [1.54, 1.807) is 26.8 Å². The molecule has 12 nitrogen and oxygen atoms in total. The SMILES string of the molecule is CC(C)NCc1ccc(CNC(=O)OCC(O)COC2COCC2OCC(CO)OC(=O)C(C)(C)C)o1. The monoisotopic (exact) mass is 530 g/mol. The number of nitrogens with one attached hydrogen (secondary N) is 2. The molecule has 0 spiro atoms. The molecule has 1 aliphatic rings. The van der Waals surface area contributed by atoms with Crippen molar-refractivity contribution in [1.82, 2.24) is 10.6 Å². The Labute approximate surface area is 217 Å². The number of ether oxygens (including phenoxy) is 5. The summed E-state index contributed by atoms with van der Waals surface area (Å²) in [5.41, 5.74) is -0.697. The Morgan fingerprint density at radius 2 is 1.68 bits per heavy atom. The van der Waals surface area contributed by atoms with E-state index in [4.69, 9.17) is 28.1 Å². The van der Waals surface area contributed by atoms with Crippen molar-refractivity contribution in [1.29, 1.82) is 0 Å². The minimum absolute atomic E-state index is 0.0244. The van der Waals surface area contributed by atoms with Gasteiger partial charge in [-0.05, 0) is 32.9 Å². The van der Waals surface area contributed by atoms with Gasteiger partial charge in [-0.3, -0.25) is 4.79 Å². The second kappa shape index (κ2) is 15.3. The third-order valence-electron chi connectivity index (χ3n) is 5.28. The van der Waals surface area contributed by atoms with Crippen LogP contribution in [-0.2, 0) is 41.6 Å². The molecule has 2 rings (SSSR count). The first kappa shape index (κ1) is 31.0. The van der Waals surface area contributed by atoms with Crippen LogP contribution in [0.5, 0.6) is 0 Å². The van der Waals surface area contributed by atoms with Gasteiger partial charge in [0.05, 0.1) is 51.5 Å². The summed E-state index contributed by atoms with van der Waals surface area (Å²) in [5.74, 6) is 0.915. The predicted octanol–water partition coefficient (Wildman–Crippen LogP) is 1.12. The first-order valence-electron chi connectivity index (χ1n) is 12.5. The Kier molecular flexibility index (Phi) is 12.8. The Balaban J connectivity index is 1.64. The van der Waals surface area contributed by atoms with E-state index in [1.807, 2.05) is 19.9 Å². The molecule has 212 valence electrons. The number of alkyl carbamates (subject to hydrolysis) is 1. The van der Waals surface area contributed by atoms with Gasteiger partial charge in [0.1, 0.15) is 42.5 Å². The van der Waals surface area contributed by atoms with Crippen LogP contribution in [-0.4, -0.2) is 92.4 Å². The summed E-state index contributed by atoms with van der Waals surface area (Å²) in [7, 11) is 0. The summed E-state index contributed by atoms with van der Waals surface area (Å²) < 4.78 is 32.8. The van der Waals surface area contributed by atoms with Crippen LogP contribution in [0.2, 0.25) is 0 Å². The quantitative estimate of drug-likeness (QED) is 0.241. The summed E-state index contributed by atoms with van der Waals surface area (Å²) in [4.78, 5) is 24.0. The molecule has 1 saturated heterocycles. The van der Waals surface area contributed by atoms with E-state index < -0.39 is 41.9 Å². The van der Waals surface area contributed by atoms with Crippen LogP contribution in [0.1, 0.15) is 46.1 Å². The molecular weight excluding hydrogens is 488 g/mol. The molecule has 4 unspecified atom stereocenters. The number of furan rings is 1. The Morgan fingerprint density at radius 3 is 2.27 bits per heavy atom. The van der Waals surface area contributed by atoms with Crippen LogP contribution >= 0.6 is 0 Å². The zero-order valence-corrected chi connectivity index (χ0v) is 22.4. The van der Waals surface area contributed by atoms with Gasteiger partial charge < -0.3 is 48.9 Å². The summed E-state index contributed by atoms with van der Waals surface area (Å²) in [6, 6.07) is 3.95. The number of hydrogen-bond acceptors (Lipinski definition) is 11. The summed E-state index contributed by atoms with van der Waals surface area (Å²) in [6.07, 6.45) is -3.49. The average molecular weight is 531 g/mol. The number of rotatable bonds is 15. The van der Waals surface area contributed by atoms with E-state index >= 15 is 0 Å². The van der Waals surface area contributed by atoms with Crippen molar-refractivity contribution >= 4 is 12.1 Å². The first-order valence-corrected chi connectivity index (χ1v) is 12.5. The van der Waals surface area contributed by atoms with Crippen LogP contribution in [0.3, 0.4) is 0 Å². The lowest BCUT2D eigenvalue weighted by Crippen LogP contribution is -2.38. The van der Waals surface area contributed by atoms with Crippen LogP contribution in [0, 0.1) is 5.41 Å². The number of carbonyl (C=O) groups excluding carboxylic acids is 2. The summed E-state index contributed by atoms with van der Waals surface area (Å²) >= 11 is 0. The van der Waals surface area contributed by atoms with Gasteiger partial charge in [0, 0.05) is 6.04 Å². The number of esters is 1. The third kappa shape index (κ3) is 11.8. The zero-order valence-electron chi connectivity index (χ0n) is 22.4. The molecule has 1 aromatic rings. The molecule has 1 aliphatic heterocycles. The van der Waals surface area contributed by atoms with E-state index in [-0.39, 0.29) is 46.2 Å². The topological polar surface area (TPSA) is 158 Å². The van der Waals surface area contributed by atoms with Crippen LogP contribution in [0.15, 0.2) is 16.5 Å². The Bertz CT molecular complexity index is 823. The molecule has 1 fully saturated rings. The number of carbonyl (C=O) groups is 2. The van der Waals surface area contributed by atoms with Gasteiger partial charge >= 0.3 is 12.1 Å². The molecule has 12 heteroatoms. The third-order valence-corrected chi connectivity index (χ3v) is 5.28. The van der Waals surface area contributed by atoms with Crippen LogP contribution in [0.25, 0.3) is 0 Å². The zero-order chi connectivity index (χ0) is 27.4. The second-order valence-electron chi connectivity index (χ2n) is 10.3. The van der Waals surface area contributed by atoms with Crippen molar-refractivity contribution in [2.24, 2.45) is 5.41 Å². The maximum Gasteiger partial charge on any atom is 0.407 e. The number of amides is 1. The highest BCUT2D eigenvalue weighted by Gasteiger charge is 2.32. The molecule has 2 heterocycles. The van der Waals surface area contributed by atoms with Crippen molar-refractivity contribution in [3.8, 4) is 0 Å². The fraction of sp³-hybridized carbons (Fsp3) is 0.760. The van der Waals surface area contributed by atoms with Crippen LogP contribution < -0.4 is 10.6 Å². The van der Waals surface area contributed by atoms with Gasteiger partial charge in [-0.1, -0.05) is 13.8 Å². The molecule has 0 aromatic carbocycles. The summed E-state index contributed by atoms with van der Waals surface area (Å²) in [6.45, 7) is 9.74. The highest BCUT2D eigenvalue weighted by Crippen LogP contribution is 2.18. The molecule has 1 aromatic heterocycles. The maximum absolute atomic E-state index is 12.0. The Hall–Kier alpha value is -2.22. The smallest absolute Gasteiger partial charge is 0.407 e. The molecule has 37 heavy (non-hydrogen) atoms. The molecule has 0 radical (unpaired) electrons. The van der Waals surface area contributed by atoms with Crippen molar-refractivity contribution in [3.63, 3.8) is 0 Å². The van der Waals surface area contributed by atoms with Crippen LogP contribution in [0.4, 0.5) is 4.79 Å². The maximum atomic E-state index is 12.0. The first-order chi connectivity index (χ1) is 17.5. The standard InChI is InChI=1S/C25H42N2O10/c1-16(2)26-8-18-6-7-19(36-18)9-27-24(31)35-12-17(29)11-33-21-14-32-15-22(21)34-13-20(10-28)37-23(30)25(3,4)5/h6-7,16-17,20-22,26,28-29H,8-15H2,1-5H3,(H,27,31). The lowest BCUT2D eigenvalue weighted by atomic mass is 9.97. The highest BCUT2D eigenvalue weighted by atomic mass is 16.6. The van der Waals surface area contributed by atoms with E-state index in [1.165, 1.54) is 0 Å². The number of aliphatic hydroxyl groups excluding tert-OH is 2. The van der Waals surface area contributed by atoms with Gasteiger partial charge in [0.15, 0.2) is 0 Å². The van der Waals surface area contributed by atoms with E-state index in [9.17, 15) is 19.8 Å². The molecule has 0 saturated carbocycles. The largest absolute Gasteiger partial charge is 0.463 e. The molecule has 4 N–H and O–H groups in total. The van der Waals surface area contributed by atoms with Gasteiger partial charge in [0.2, 0.25) is 0 Å². The van der Waals surface area contributed by atoms with Gasteiger partial charge in [0.25, 0.3) is 0 Å². The average Bonchev–Trinajstić information content (AvgIpc) is 3.49. The fourth-order valence-corrected chi connectivity index (χ4v) is 3.09. The molecule has 0 aliphatic carbocycles. The van der Waals surface area contributed by atoms with E-state index in [0.717, 1.165) is 5.76 Å². The molecule has 4 atom stereocenters. The minimum atomic E-state index is -1.05. The fourth-order valence-electron chi connectivity index (χ4n) is 3.09. The van der Waals surface area contributed by atoms with Gasteiger partial charge in [-0.2, -0.15) is 0 Å².